The minimum Gasteiger partial charge on any atom is -0.378 e. The van der Waals surface area contributed by atoms with E-state index < -0.39 is 11.7 Å². The molecule has 2 heterocycles. The number of benzene rings is 1. The first kappa shape index (κ1) is 18.0. The summed E-state index contributed by atoms with van der Waals surface area (Å²) in [4.78, 5) is 16.2. The van der Waals surface area contributed by atoms with Crippen LogP contribution in [0.4, 0.5) is 18.0 Å². The molecule has 2 fully saturated rings. The zero-order valence-electron chi connectivity index (χ0n) is 14.0. The maximum atomic E-state index is 12.7. The van der Waals surface area contributed by atoms with Crippen molar-refractivity contribution in [1.82, 2.24) is 9.80 Å². The van der Waals surface area contributed by atoms with Crippen LogP contribution < -0.4 is 0 Å². The molecule has 0 saturated carbocycles. The number of ether oxygens (including phenoxy) is 1. The standard InChI is InChI=1S/C18H22F3N2O2/c1-13-10-15(14-2-4-16(5-3-14)18(19,20)21)12-23(11-13)17(24)22-6-8-25-9-7-22/h2-5,13,15H,1,6-12H2. The van der Waals surface area contributed by atoms with E-state index in [-0.39, 0.29) is 17.9 Å². The Hall–Kier alpha value is -1.76. The lowest BCUT2D eigenvalue weighted by atomic mass is 9.85. The highest BCUT2D eigenvalue weighted by molar-refractivity contribution is 5.74. The lowest BCUT2D eigenvalue weighted by Crippen LogP contribution is -2.52. The summed E-state index contributed by atoms with van der Waals surface area (Å²) >= 11 is 0. The van der Waals surface area contributed by atoms with E-state index in [0.29, 0.717) is 39.4 Å². The summed E-state index contributed by atoms with van der Waals surface area (Å²) in [5.41, 5.74) is 0.167. The second-order valence-electron chi connectivity index (χ2n) is 6.71. The van der Waals surface area contributed by atoms with Gasteiger partial charge in [-0.25, -0.2) is 4.79 Å². The Bertz CT molecular complexity index is 597. The molecule has 2 unspecified atom stereocenters. The average Bonchev–Trinajstić information content (AvgIpc) is 2.60. The number of hydrogen-bond donors (Lipinski definition) is 0. The van der Waals surface area contributed by atoms with Gasteiger partial charge >= 0.3 is 12.2 Å². The van der Waals surface area contributed by atoms with Crippen LogP contribution in [0, 0.1) is 12.8 Å². The van der Waals surface area contributed by atoms with E-state index in [2.05, 4.69) is 6.92 Å². The van der Waals surface area contributed by atoms with Gasteiger partial charge < -0.3 is 14.5 Å². The Morgan fingerprint density at radius 1 is 1.08 bits per heavy atom. The van der Waals surface area contributed by atoms with Gasteiger partial charge in [0.2, 0.25) is 0 Å². The van der Waals surface area contributed by atoms with Crippen molar-refractivity contribution in [2.45, 2.75) is 18.5 Å². The summed E-state index contributed by atoms with van der Waals surface area (Å²) in [7, 11) is 0. The number of carbonyl (C=O) groups is 1. The Labute approximate surface area is 145 Å². The molecular weight excluding hydrogens is 333 g/mol. The molecule has 0 N–H and O–H groups in total. The molecule has 2 atom stereocenters. The lowest BCUT2D eigenvalue weighted by molar-refractivity contribution is -0.137. The third kappa shape index (κ3) is 4.26. The monoisotopic (exact) mass is 355 g/mol. The van der Waals surface area contributed by atoms with Gasteiger partial charge in [-0.15, -0.1) is 0 Å². The molecule has 25 heavy (non-hydrogen) atoms. The number of hydrogen-bond acceptors (Lipinski definition) is 2. The first-order valence-corrected chi connectivity index (χ1v) is 8.46. The van der Waals surface area contributed by atoms with Crippen molar-refractivity contribution in [1.29, 1.82) is 0 Å². The molecule has 1 aromatic rings. The summed E-state index contributed by atoms with van der Waals surface area (Å²) in [5, 5.41) is 0. The number of likely N-dealkylation sites (tertiary alicyclic amines) is 1. The lowest BCUT2D eigenvalue weighted by Gasteiger charge is -2.40. The minimum atomic E-state index is -4.34. The molecule has 0 aliphatic carbocycles. The van der Waals surface area contributed by atoms with Crippen molar-refractivity contribution >= 4 is 6.03 Å². The van der Waals surface area contributed by atoms with Crippen LogP contribution in [0.1, 0.15) is 23.5 Å². The van der Waals surface area contributed by atoms with Crippen molar-refractivity contribution in [3.05, 3.63) is 42.3 Å². The van der Waals surface area contributed by atoms with Gasteiger partial charge in [0.1, 0.15) is 0 Å². The molecule has 2 aliphatic heterocycles. The van der Waals surface area contributed by atoms with Crippen LogP contribution >= 0.6 is 0 Å². The first-order chi connectivity index (χ1) is 11.8. The van der Waals surface area contributed by atoms with E-state index in [1.807, 2.05) is 0 Å². The third-order valence-corrected chi connectivity index (χ3v) is 4.80. The van der Waals surface area contributed by atoms with E-state index in [1.165, 1.54) is 12.1 Å². The Morgan fingerprint density at radius 3 is 2.32 bits per heavy atom. The molecular formula is C18H22F3N2O2. The molecule has 137 valence electrons. The van der Waals surface area contributed by atoms with Crippen molar-refractivity contribution in [2.24, 2.45) is 5.92 Å². The Kier molecular flexibility index (Phi) is 5.22. The number of halogens is 3. The van der Waals surface area contributed by atoms with Crippen LogP contribution in [-0.4, -0.2) is 55.2 Å². The number of piperidine rings is 1. The minimum absolute atomic E-state index is 0.00326. The molecule has 0 spiro atoms. The highest BCUT2D eigenvalue weighted by atomic mass is 19.4. The molecule has 1 radical (unpaired) electrons. The zero-order valence-corrected chi connectivity index (χ0v) is 14.0. The van der Waals surface area contributed by atoms with E-state index in [4.69, 9.17) is 4.74 Å². The predicted octanol–water partition coefficient (Wildman–Crippen LogP) is 3.40. The van der Waals surface area contributed by atoms with Gasteiger partial charge in [0.15, 0.2) is 0 Å². The molecule has 0 aromatic heterocycles. The third-order valence-electron chi connectivity index (χ3n) is 4.80. The molecule has 2 saturated heterocycles. The van der Waals surface area contributed by atoms with E-state index in [0.717, 1.165) is 24.1 Å². The SMILES string of the molecule is [CH2]C1CC(c2ccc(C(F)(F)F)cc2)CN(C(=O)N2CCOCC2)C1. The predicted molar refractivity (Wildman–Crippen MR) is 87.0 cm³/mol. The molecule has 1 aromatic carbocycles. The van der Waals surface area contributed by atoms with Gasteiger partial charge in [-0.3, -0.25) is 0 Å². The largest absolute Gasteiger partial charge is 0.416 e. The number of carbonyl (C=O) groups excluding carboxylic acids is 1. The van der Waals surface area contributed by atoms with E-state index >= 15 is 0 Å². The maximum absolute atomic E-state index is 12.7. The average molecular weight is 355 g/mol. The van der Waals surface area contributed by atoms with Crippen molar-refractivity contribution in [2.75, 3.05) is 39.4 Å². The maximum Gasteiger partial charge on any atom is 0.416 e. The van der Waals surface area contributed by atoms with E-state index in [9.17, 15) is 18.0 Å². The molecule has 3 rings (SSSR count). The topological polar surface area (TPSA) is 32.8 Å². The van der Waals surface area contributed by atoms with Crippen LogP contribution in [0.2, 0.25) is 0 Å². The highest BCUT2D eigenvalue weighted by Gasteiger charge is 2.33. The summed E-state index contributed by atoms with van der Waals surface area (Å²) in [6, 6.07) is 5.21. The quantitative estimate of drug-likeness (QED) is 0.774. The van der Waals surface area contributed by atoms with Gasteiger partial charge in [0, 0.05) is 32.1 Å². The summed E-state index contributed by atoms with van der Waals surface area (Å²) in [6.45, 7) is 7.39. The number of amides is 2. The van der Waals surface area contributed by atoms with Crippen molar-refractivity contribution in [3.8, 4) is 0 Å². The number of morpholine rings is 1. The van der Waals surface area contributed by atoms with Gasteiger partial charge in [-0.1, -0.05) is 12.1 Å². The normalized spacial score (nSPS) is 25.1. The van der Waals surface area contributed by atoms with Crippen LogP contribution in [0.25, 0.3) is 0 Å². The molecule has 4 nitrogen and oxygen atoms in total. The van der Waals surface area contributed by atoms with Gasteiger partial charge in [0.25, 0.3) is 0 Å². The molecule has 2 amide bonds. The van der Waals surface area contributed by atoms with Gasteiger partial charge in [-0.2, -0.15) is 13.2 Å². The second kappa shape index (κ2) is 7.23. The molecule has 7 heteroatoms. The number of nitrogens with zero attached hydrogens (tertiary/aromatic N) is 2. The van der Waals surface area contributed by atoms with Gasteiger partial charge in [-0.05, 0) is 37.0 Å². The van der Waals surface area contributed by atoms with E-state index in [1.54, 1.807) is 9.80 Å². The van der Waals surface area contributed by atoms with Crippen LogP contribution in [0.3, 0.4) is 0 Å². The van der Waals surface area contributed by atoms with Crippen molar-refractivity contribution in [3.63, 3.8) is 0 Å². The van der Waals surface area contributed by atoms with Crippen LogP contribution in [0.15, 0.2) is 24.3 Å². The fourth-order valence-corrected chi connectivity index (χ4v) is 3.50. The summed E-state index contributed by atoms with van der Waals surface area (Å²) < 4.78 is 43.4. The fourth-order valence-electron chi connectivity index (χ4n) is 3.50. The Balaban J connectivity index is 1.70. The zero-order chi connectivity index (χ0) is 18.0. The number of rotatable bonds is 1. The number of urea groups is 1. The highest BCUT2D eigenvalue weighted by Crippen LogP contribution is 2.34. The molecule has 2 aliphatic rings. The molecule has 0 bridgehead atoms. The second-order valence-corrected chi connectivity index (χ2v) is 6.71. The Morgan fingerprint density at radius 2 is 1.72 bits per heavy atom. The van der Waals surface area contributed by atoms with Crippen molar-refractivity contribution < 1.29 is 22.7 Å². The fraction of sp³-hybridized carbons (Fsp3) is 0.556. The smallest absolute Gasteiger partial charge is 0.378 e. The van der Waals surface area contributed by atoms with Crippen LogP contribution in [-0.2, 0) is 10.9 Å². The van der Waals surface area contributed by atoms with Gasteiger partial charge in [0.05, 0.1) is 18.8 Å². The summed E-state index contributed by atoms with van der Waals surface area (Å²) in [6.07, 6.45) is -3.57. The summed E-state index contributed by atoms with van der Waals surface area (Å²) in [5.74, 6) is 0.0644. The number of alkyl halides is 3. The van der Waals surface area contributed by atoms with Crippen LogP contribution in [0.5, 0.6) is 0 Å². The first-order valence-electron chi connectivity index (χ1n) is 8.46.